The van der Waals surface area contributed by atoms with Gasteiger partial charge in [-0.05, 0) is 23.3 Å². The van der Waals surface area contributed by atoms with Gasteiger partial charge in [-0.3, -0.25) is 0 Å². The summed E-state index contributed by atoms with van der Waals surface area (Å²) in [6, 6.07) is 18.2. The van der Waals surface area contributed by atoms with Crippen LogP contribution in [0.15, 0.2) is 59.6 Å². The quantitative estimate of drug-likeness (QED) is 0.670. The summed E-state index contributed by atoms with van der Waals surface area (Å²) in [4.78, 5) is 6.67. The van der Waals surface area contributed by atoms with Crippen LogP contribution in [0.25, 0.3) is 0 Å². The van der Waals surface area contributed by atoms with Gasteiger partial charge in [0.15, 0.2) is 5.96 Å². The van der Waals surface area contributed by atoms with E-state index in [2.05, 4.69) is 22.0 Å². The first-order chi connectivity index (χ1) is 11.8. The van der Waals surface area contributed by atoms with Crippen LogP contribution in [-0.2, 0) is 13.2 Å². The molecule has 0 aromatic heterocycles. The van der Waals surface area contributed by atoms with E-state index < -0.39 is 0 Å². The molecule has 0 aliphatic carbocycles. The van der Waals surface area contributed by atoms with E-state index in [1.54, 1.807) is 0 Å². The number of nitrogens with zero attached hydrogens (tertiary/aromatic N) is 2. The maximum Gasteiger partial charge on any atom is 0.191 e. The zero-order valence-electron chi connectivity index (χ0n) is 13.7. The highest BCUT2D eigenvalue weighted by molar-refractivity contribution is 7.99. The summed E-state index contributed by atoms with van der Waals surface area (Å²) in [6.45, 7) is 3.17. The van der Waals surface area contributed by atoms with E-state index >= 15 is 0 Å². The van der Waals surface area contributed by atoms with E-state index in [1.165, 1.54) is 5.56 Å². The fourth-order valence-corrected chi connectivity index (χ4v) is 3.40. The van der Waals surface area contributed by atoms with Crippen LogP contribution >= 0.6 is 11.8 Å². The van der Waals surface area contributed by atoms with Crippen molar-refractivity contribution in [2.45, 2.75) is 13.2 Å². The standard InChI is InChI=1S/C19H23N3OS/c20-19(22-10-12-24-13-11-22)21-14-16-6-8-18(9-7-16)23-15-17-4-2-1-3-5-17/h1-9H,10-15H2,(H2,20,21). The summed E-state index contributed by atoms with van der Waals surface area (Å²) >= 11 is 1.97. The van der Waals surface area contributed by atoms with Crippen molar-refractivity contribution >= 4 is 17.7 Å². The lowest BCUT2D eigenvalue weighted by Gasteiger charge is -2.27. The minimum absolute atomic E-state index is 0.582. The average molecular weight is 341 g/mol. The predicted octanol–water partition coefficient (Wildman–Crippen LogP) is 3.13. The van der Waals surface area contributed by atoms with Crippen LogP contribution in [0, 0.1) is 0 Å². The minimum Gasteiger partial charge on any atom is -0.489 e. The Hall–Kier alpha value is -2.14. The van der Waals surface area contributed by atoms with Crippen molar-refractivity contribution in [1.82, 2.24) is 4.90 Å². The fourth-order valence-electron chi connectivity index (χ4n) is 2.50. The number of aliphatic imine (C=N–C) groups is 1. The number of rotatable bonds is 5. The van der Waals surface area contributed by atoms with Gasteiger partial charge in [-0.1, -0.05) is 42.5 Å². The monoisotopic (exact) mass is 341 g/mol. The van der Waals surface area contributed by atoms with Crippen LogP contribution in [0.1, 0.15) is 11.1 Å². The smallest absolute Gasteiger partial charge is 0.191 e. The van der Waals surface area contributed by atoms with E-state index in [0.717, 1.165) is 35.9 Å². The molecule has 1 aliphatic heterocycles. The molecule has 0 bridgehead atoms. The first-order valence-corrected chi connectivity index (χ1v) is 9.35. The van der Waals surface area contributed by atoms with Gasteiger partial charge in [-0.25, -0.2) is 4.99 Å². The summed E-state index contributed by atoms with van der Waals surface area (Å²) in [6.07, 6.45) is 0. The second-order valence-electron chi connectivity index (χ2n) is 5.69. The molecule has 3 rings (SSSR count). The van der Waals surface area contributed by atoms with Gasteiger partial charge < -0.3 is 15.4 Å². The highest BCUT2D eigenvalue weighted by Crippen LogP contribution is 2.15. The lowest BCUT2D eigenvalue weighted by molar-refractivity contribution is 0.306. The minimum atomic E-state index is 0.582. The number of hydrogen-bond acceptors (Lipinski definition) is 3. The molecule has 0 saturated carbocycles. The number of benzene rings is 2. The van der Waals surface area contributed by atoms with E-state index in [1.807, 2.05) is 54.2 Å². The Morgan fingerprint density at radius 1 is 1.00 bits per heavy atom. The molecule has 0 unspecified atom stereocenters. The van der Waals surface area contributed by atoms with Gasteiger partial charge in [0, 0.05) is 24.6 Å². The second-order valence-corrected chi connectivity index (χ2v) is 6.92. The van der Waals surface area contributed by atoms with Gasteiger partial charge in [-0.15, -0.1) is 0 Å². The van der Waals surface area contributed by atoms with Crippen LogP contribution in [0.3, 0.4) is 0 Å². The first kappa shape index (κ1) is 16.7. The molecule has 1 aliphatic rings. The third kappa shape index (κ3) is 4.93. The molecule has 5 heteroatoms. The Balaban J connectivity index is 1.50. The van der Waals surface area contributed by atoms with Crippen LogP contribution in [0.2, 0.25) is 0 Å². The largest absolute Gasteiger partial charge is 0.489 e. The van der Waals surface area contributed by atoms with Crippen molar-refractivity contribution < 1.29 is 4.74 Å². The van der Waals surface area contributed by atoms with E-state index in [4.69, 9.17) is 10.5 Å². The highest BCUT2D eigenvalue weighted by atomic mass is 32.2. The zero-order chi connectivity index (χ0) is 16.6. The molecule has 1 fully saturated rings. The summed E-state index contributed by atoms with van der Waals surface area (Å²) < 4.78 is 5.80. The van der Waals surface area contributed by atoms with Crippen molar-refractivity contribution in [3.05, 3.63) is 65.7 Å². The molecule has 126 valence electrons. The Bertz CT molecular complexity index is 652. The predicted molar refractivity (Wildman–Crippen MR) is 101 cm³/mol. The molecule has 2 N–H and O–H groups in total. The average Bonchev–Trinajstić information content (AvgIpc) is 2.67. The molecule has 24 heavy (non-hydrogen) atoms. The molecule has 4 nitrogen and oxygen atoms in total. The summed E-state index contributed by atoms with van der Waals surface area (Å²) in [5.41, 5.74) is 8.38. The van der Waals surface area contributed by atoms with Gasteiger partial charge in [0.25, 0.3) is 0 Å². The van der Waals surface area contributed by atoms with Crippen LogP contribution < -0.4 is 10.5 Å². The molecule has 2 aromatic carbocycles. The number of thioether (sulfide) groups is 1. The van der Waals surface area contributed by atoms with E-state index in [9.17, 15) is 0 Å². The zero-order valence-corrected chi connectivity index (χ0v) is 14.5. The number of guanidine groups is 1. The van der Waals surface area contributed by atoms with Crippen molar-refractivity contribution in [3.63, 3.8) is 0 Å². The lowest BCUT2D eigenvalue weighted by Crippen LogP contribution is -2.42. The third-order valence-electron chi connectivity index (χ3n) is 3.93. The molecule has 2 aromatic rings. The van der Waals surface area contributed by atoms with Crippen molar-refractivity contribution in [2.24, 2.45) is 10.7 Å². The van der Waals surface area contributed by atoms with Gasteiger partial charge >= 0.3 is 0 Å². The number of hydrogen-bond donors (Lipinski definition) is 1. The Morgan fingerprint density at radius 2 is 1.71 bits per heavy atom. The summed E-state index contributed by atoms with van der Waals surface area (Å²) in [5, 5.41) is 0. The second kappa shape index (κ2) is 8.64. The molecule has 0 atom stereocenters. The molecule has 1 saturated heterocycles. The molecule has 0 spiro atoms. The number of nitrogens with two attached hydrogens (primary N) is 1. The van der Waals surface area contributed by atoms with Crippen molar-refractivity contribution in [3.8, 4) is 5.75 Å². The maximum atomic E-state index is 6.08. The van der Waals surface area contributed by atoms with Crippen molar-refractivity contribution in [2.75, 3.05) is 24.6 Å². The normalized spacial score (nSPS) is 15.3. The van der Waals surface area contributed by atoms with Gasteiger partial charge in [0.2, 0.25) is 0 Å². The Labute approximate surface area is 147 Å². The van der Waals surface area contributed by atoms with E-state index in [-0.39, 0.29) is 0 Å². The Kier molecular flexibility index (Phi) is 6.01. The van der Waals surface area contributed by atoms with Gasteiger partial charge in [0.1, 0.15) is 12.4 Å². The SMILES string of the molecule is NC(=NCc1ccc(OCc2ccccc2)cc1)N1CCSCC1. The summed E-state index contributed by atoms with van der Waals surface area (Å²) in [5.74, 6) is 3.78. The molecular formula is C19H23N3OS. The van der Waals surface area contributed by atoms with Crippen LogP contribution in [0.5, 0.6) is 5.75 Å². The summed E-state index contributed by atoms with van der Waals surface area (Å²) in [7, 11) is 0. The van der Waals surface area contributed by atoms with Crippen LogP contribution in [-0.4, -0.2) is 35.5 Å². The third-order valence-corrected chi connectivity index (χ3v) is 4.87. The molecular weight excluding hydrogens is 318 g/mol. The molecule has 0 amide bonds. The first-order valence-electron chi connectivity index (χ1n) is 8.19. The van der Waals surface area contributed by atoms with Gasteiger partial charge in [-0.2, -0.15) is 11.8 Å². The van der Waals surface area contributed by atoms with Crippen molar-refractivity contribution in [1.29, 1.82) is 0 Å². The molecule has 0 radical (unpaired) electrons. The lowest BCUT2D eigenvalue weighted by atomic mass is 10.2. The van der Waals surface area contributed by atoms with Gasteiger partial charge in [0.05, 0.1) is 6.54 Å². The fraction of sp³-hybridized carbons (Fsp3) is 0.316. The topological polar surface area (TPSA) is 50.9 Å². The van der Waals surface area contributed by atoms with E-state index in [0.29, 0.717) is 19.1 Å². The Morgan fingerprint density at radius 3 is 2.42 bits per heavy atom. The molecule has 1 heterocycles. The highest BCUT2D eigenvalue weighted by Gasteiger charge is 2.11. The van der Waals surface area contributed by atoms with Crippen LogP contribution in [0.4, 0.5) is 0 Å². The maximum absolute atomic E-state index is 6.08. The number of ether oxygens (including phenoxy) is 1.